The van der Waals surface area contributed by atoms with Gasteiger partial charge >= 0.3 is 0 Å². The number of benzene rings is 7. The van der Waals surface area contributed by atoms with E-state index in [1.54, 1.807) is 0 Å². The highest BCUT2D eigenvalue weighted by atomic mass is 15.2. The number of hydrogen-bond acceptors (Lipinski definition) is 2. The smallest absolute Gasteiger partial charge is 0.0643 e. The van der Waals surface area contributed by atoms with Gasteiger partial charge in [0, 0.05) is 39.7 Å². The van der Waals surface area contributed by atoms with Gasteiger partial charge in [-0.3, -0.25) is 4.99 Å². The first-order chi connectivity index (χ1) is 27.7. The van der Waals surface area contributed by atoms with Crippen LogP contribution in [0.1, 0.15) is 47.2 Å². The molecular formula is C53H41N3. The molecule has 0 fully saturated rings. The third-order valence-electron chi connectivity index (χ3n) is 12.2. The molecule has 2 heterocycles. The van der Waals surface area contributed by atoms with Gasteiger partial charge < -0.3 is 9.47 Å². The summed E-state index contributed by atoms with van der Waals surface area (Å²) in [4.78, 5) is 7.82. The lowest BCUT2D eigenvalue weighted by molar-refractivity contribution is 0.715. The molecule has 11 rings (SSSR count). The molecule has 56 heavy (non-hydrogen) atoms. The number of nitrogens with zero attached hydrogens (tertiary/aromatic N) is 3. The summed E-state index contributed by atoms with van der Waals surface area (Å²) in [6.07, 6.45) is 13.6. The quantitative estimate of drug-likeness (QED) is 0.157. The number of allylic oxidation sites excluding steroid dienone is 3. The highest BCUT2D eigenvalue weighted by molar-refractivity contribution is 6.11. The molecule has 1 aliphatic heterocycles. The highest BCUT2D eigenvalue weighted by Gasteiger charge is 2.42. The molecule has 2 aliphatic carbocycles. The Labute approximate surface area is 327 Å². The van der Waals surface area contributed by atoms with E-state index in [0.29, 0.717) is 6.54 Å². The second-order valence-corrected chi connectivity index (χ2v) is 15.4. The first kappa shape index (κ1) is 32.7. The third-order valence-corrected chi connectivity index (χ3v) is 12.2. The average Bonchev–Trinajstić information content (AvgIpc) is 3.77. The predicted molar refractivity (Wildman–Crippen MR) is 236 cm³/mol. The molecule has 8 aromatic rings. The second kappa shape index (κ2) is 13.2. The summed E-state index contributed by atoms with van der Waals surface area (Å²) in [7, 11) is 0. The van der Waals surface area contributed by atoms with Crippen LogP contribution in [0.3, 0.4) is 0 Å². The van der Waals surface area contributed by atoms with Gasteiger partial charge in [-0.2, -0.15) is 0 Å². The van der Waals surface area contributed by atoms with Crippen LogP contribution in [0.15, 0.2) is 187 Å². The van der Waals surface area contributed by atoms with E-state index in [4.69, 9.17) is 4.99 Å². The molecule has 0 bridgehead atoms. The van der Waals surface area contributed by atoms with Crippen molar-refractivity contribution in [2.24, 2.45) is 4.99 Å². The van der Waals surface area contributed by atoms with E-state index in [2.05, 4.69) is 198 Å². The maximum absolute atomic E-state index is 5.15. The topological polar surface area (TPSA) is 20.5 Å². The normalized spacial score (nSPS) is 17.3. The molecule has 3 heteroatoms. The Kier molecular flexibility index (Phi) is 7.73. The number of fused-ring (bicyclic) bond motifs is 9. The van der Waals surface area contributed by atoms with Gasteiger partial charge in [-0.05, 0) is 99.5 Å². The molecule has 3 aliphatic rings. The van der Waals surface area contributed by atoms with E-state index in [-0.39, 0.29) is 12.0 Å². The standard InChI is InChI=1S/C53H41N3/c1-35(54-34-36-17-5-2-6-18-36)45-30-40(29-38-21-11-12-24-41(38)45)56-49-28-16-15-26-43(49)47-31-48-51(33-50(47)56)55(39-22-9-4-10-23-39)52-32-46(37-19-7-3-8-20-37)42-25-13-14-27-44(42)53(48)52/h2-22,24-30,32-33,39,48H,23,31,34H2,1H3. The lowest BCUT2D eigenvalue weighted by Crippen LogP contribution is -2.32. The van der Waals surface area contributed by atoms with Crippen LogP contribution < -0.4 is 4.90 Å². The Morgan fingerprint density at radius 2 is 1.41 bits per heavy atom. The van der Waals surface area contributed by atoms with E-state index in [0.717, 1.165) is 18.6 Å². The third kappa shape index (κ3) is 5.22. The van der Waals surface area contributed by atoms with Crippen molar-refractivity contribution in [3.8, 4) is 16.8 Å². The summed E-state index contributed by atoms with van der Waals surface area (Å²) < 4.78 is 2.53. The van der Waals surface area contributed by atoms with Gasteiger partial charge in [0.25, 0.3) is 0 Å². The minimum Gasteiger partial charge on any atom is -0.337 e. The monoisotopic (exact) mass is 719 g/mol. The number of para-hydroxylation sites is 1. The van der Waals surface area contributed by atoms with Crippen LogP contribution in [-0.2, 0) is 13.0 Å². The molecular weight excluding hydrogens is 679 g/mol. The fraction of sp³-hybridized carbons (Fsp3) is 0.113. The summed E-state index contributed by atoms with van der Waals surface area (Å²) in [5.41, 5.74) is 15.3. The zero-order valence-corrected chi connectivity index (χ0v) is 31.4. The fourth-order valence-corrected chi connectivity index (χ4v) is 9.68. The molecule has 1 aromatic heterocycles. The predicted octanol–water partition coefficient (Wildman–Crippen LogP) is 13.0. The highest BCUT2D eigenvalue weighted by Crippen LogP contribution is 2.55. The molecule has 0 saturated heterocycles. The largest absolute Gasteiger partial charge is 0.337 e. The van der Waals surface area contributed by atoms with Gasteiger partial charge in [0.05, 0.1) is 23.8 Å². The van der Waals surface area contributed by atoms with Crippen LogP contribution in [0, 0.1) is 0 Å². The maximum atomic E-state index is 5.15. The van der Waals surface area contributed by atoms with E-state index >= 15 is 0 Å². The molecule has 268 valence electrons. The first-order valence-electron chi connectivity index (χ1n) is 19.9. The van der Waals surface area contributed by atoms with Crippen LogP contribution in [-0.4, -0.2) is 16.3 Å². The van der Waals surface area contributed by atoms with E-state index in [1.807, 2.05) is 0 Å². The van der Waals surface area contributed by atoms with Crippen molar-refractivity contribution in [2.45, 2.75) is 38.3 Å². The van der Waals surface area contributed by atoms with Crippen molar-refractivity contribution >= 4 is 49.9 Å². The second-order valence-electron chi connectivity index (χ2n) is 15.4. The van der Waals surface area contributed by atoms with Gasteiger partial charge in [0.1, 0.15) is 0 Å². The molecule has 0 amide bonds. The molecule has 3 nitrogen and oxygen atoms in total. The van der Waals surface area contributed by atoms with Crippen molar-refractivity contribution in [1.82, 2.24) is 4.57 Å². The van der Waals surface area contributed by atoms with Crippen molar-refractivity contribution < 1.29 is 0 Å². The Hall–Kier alpha value is -6.71. The summed E-state index contributed by atoms with van der Waals surface area (Å²) in [5.74, 6) is 0.241. The van der Waals surface area contributed by atoms with Crippen LogP contribution in [0.2, 0.25) is 0 Å². The molecule has 2 atom stereocenters. The lowest BCUT2D eigenvalue weighted by atomic mass is 9.83. The first-order valence-corrected chi connectivity index (χ1v) is 19.9. The number of rotatable bonds is 6. The van der Waals surface area contributed by atoms with Crippen molar-refractivity contribution in [2.75, 3.05) is 4.90 Å². The van der Waals surface area contributed by atoms with E-state index < -0.39 is 0 Å². The summed E-state index contributed by atoms with van der Waals surface area (Å²) >= 11 is 0. The van der Waals surface area contributed by atoms with Gasteiger partial charge in [-0.15, -0.1) is 0 Å². The minimum absolute atomic E-state index is 0.231. The lowest BCUT2D eigenvalue weighted by Gasteiger charge is -2.33. The number of anilines is 1. The van der Waals surface area contributed by atoms with Crippen molar-refractivity contribution in [3.63, 3.8) is 0 Å². The van der Waals surface area contributed by atoms with Crippen LogP contribution in [0.5, 0.6) is 0 Å². The number of aromatic nitrogens is 1. The van der Waals surface area contributed by atoms with Gasteiger partial charge in [-0.25, -0.2) is 0 Å². The Bertz CT molecular complexity index is 2960. The van der Waals surface area contributed by atoms with Crippen LogP contribution in [0.4, 0.5) is 5.69 Å². The zero-order valence-electron chi connectivity index (χ0n) is 31.4. The molecule has 7 aromatic carbocycles. The molecule has 0 N–H and O–H groups in total. The summed E-state index contributed by atoms with van der Waals surface area (Å²) in [6.45, 7) is 2.82. The van der Waals surface area contributed by atoms with E-state index in [9.17, 15) is 0 Å². The SMILES string of the molecule is CC(=NCc1ccccc1)c1cc(-n2c3c(c4ccccc42)CC2C(=C3)N(C3C=CC=CC3)c3cc(-c4ccccc4)c4ccccc4c32)cc2ccccc12. The fourth-order valence-electron chi connectivity index (χ4n) is 9.68. The molecule has 2 unspecified atom stereocenters. The summed E-state index contributed by atoms with van der Waals surface area (Å²) in [6, 6.07) is 55.8. The van der Waals surface area contributed by atoms with Crippen LogP contribution >= 0.6 is 0 Å². The Morgan fingerprint density at radius 3 is 2.21 bits per heavy atom. The zero-order chi connectivity index (χ0) is 37.2. The number of hydrogen-bond donors (Lipinski definition) is 0. The number of aliphatic imine (C=N–C) groups is 1. The molecule has 0 saturated carbocycles. The summed E-state index contributed by atoms with van der Waals surface area (Å²) in [5, 5.41) is 6.45. The molecule has 0 radical (unpaired) electrons. The van der Waals surface area contributed by atoms with Crippen molar-refractivity contribution in [3.05, 3.63) is 210 Å². The van der Waals surface area contributed by atoms with Crippen LogP contribution in [0.25, 0.3) is 55.3 Å². The van der Waals surface area contributed by atoms with Gasteiger partial charge in [0.2, 0.25) is 0 Å². The van der Waals surface area contributed by atoms with E-state index in [1.165, 1.54) is 88.6 Å². The minimum atomic E-state index is 0.231. The van der Waals surface area contributed by atoms with Crippen molar-refractivity contribution in [1.29, 1.82) is 0 Å². The van der Waals surface area contributed by atoms with Gasteiger partial charge in [-0.1, -0.05) is 152 Å². The van der Waals surface area contributed by atoms with Gasteiger partial charge in [0.15, 0.2) is 0 Å². The Balaban J connectivity index is 1.14. The molecule has 0 spiro atoms. The maximum Gasteiger partial charge on any atom is 0.0643 e. The average molecular weight is 720 g/mol. The Morgan fingerprint density at radius 1 is 0.696 bits per heavy atom.